The third-order valence-corrected chi connectivity index (χ3v) is 9.38. The van der Waals surface area contributed by atoms with Crippen molar-refractivity contribution in [3.63, 3.8) is 0 Å². The van der Waals surface area contributed by atoms with Gasteiger partial charge in [-0.25, -0.2) is 9.59 Å². The number of hydrogen-bond donors (Lipinski definition) is 1. The third-order valence-electron chi connectivity index (χ3n) is 9.05. The number of halogens is 1. The maximum Gasteiger partial charge on any atom is 0.350 e. The second-order valence-electron chi connectivity index (χ2n) is 14.6. The van der Waals surface area contributed by atoms with E-state index in [-0.39, 0.29) is 40.7 Å². The Morgan fingerprint density at radius 2 is 1.57 bits per heavy atom. The second kappa shape index (κ2) is 16.7. The first kappa shape index (κ1) is 41.0. The molecule has 292 valence electrons. The molecule has 4 aromatic rings. The number of ketones is 1. The molecule has 56 heavy (non-hydrogen) atoms. The van der Waals surface area contributed by atoms with Gasteiger partial charge >= 0.3 is 18.0 Å². The summed E-state index contributed by atoms with van der Waals surface area (Å²) in [7, 11) is 2.83. The van der Waals surface area contributed by atoms with E-state index in [4.69, 9.17) is 25.8 Å². The van der Waals surface area contributed by atoms with Crippen molar-refractivity contribution in [1.29, 1.82) is 0 Å². The first-order chi connectivity index (χ1) is 26.4. The molecule has 2 atom stereocenters. The molecule has 1 N–H and O–H groups in total. The number of rotatable bonds is 11. The van der Waals surface area contributed by atoms with Crippen molar-refractivity contribution in [3.8, 4) is 5.75 Å². The van der Waals surface area contributed by atoms with E-state index < -0.39 is 52.5 Å². The maximum atomic E-state index is 14.4. The maximum absolute atomic E-state index is 14.4. The molecule has 0 aromatic heterocycles. The number of aryl methyl sites for hydroxylation is 1. The van der Waals surface area contributed by atoms with Gasteiger partial charge in [0.15, 0.2) is 0 Å². The highest BCUT2D eigenvalue weighted by Crippen LogP contribution is 2.37. The molecule has 5 rings (SSSR count). The minimum atomic E-state index is -1.99. The van der Waals surface area contributed by atoms with Gasteiger partial charge in [0, 0.05) is 12.6 Å². The monoisotopic (exact) mass is 782 g/mol. The van der Waals surface area contributed by atoms with Gasteiger partial charge in [-0.15, -0.1) is 0 Å². The van der Waals surface area contributed by atoms with Crippen LogP contribution in [0, 0.1) is 17.8 Å². The lowest BCUT2D eigenvalue weighted by atomic mass is 9.91. The van der Waals surface area contributed by atoms with Gasteiger partial charge in [0.25, 0.3) is 11.8 Å². The molecule has 14 heteroatoms. The number of nitrogens with one attached hydrogen (secondary N) is 1. The Bertz CT molecular complexity index is 2150. The first-order valence-corrected chi connectivity index (χ1v) is 18.0. The molecule has 1 heterocycles. The molecule has 0 saturated carbocycles. The minimum Gasteiger partial charge on any atom is -0.497 e. The van der Waals surface area contributed by atoms with Crippen molar-refractivity contribution >= 4 is 64.2 Å². The van der Waals surface area contributed by atoms with Crippen LogP contribution in [0.4, 0.5) is 21.9 Å². The van der Waals surface area contributed by atoms with E-state index in [1.165, 1.54) is 61.6 Å². The van der Waals surface area contributed by atoms with Crippen LogP contribution in [0.15, 0.2) is 97.1 Å². The van der Waals surface area contributed by atoms with Crippen molar-refractivity contribution in [2.75, 3.05) is 42.5 Å². The Labute approximate surface area is 330 Å². The van der Waals surface area contributed by atoms with Crippen LogP contribution < -0.4 is 20.0 Å². The van der Waals surface area contributed by atoms with Crippen molar-refractivity contribution in [3.05, 3.63) is 119 Å². The number of urea groups is 1. The van der Waals surface area contributed by atoms with Gasteiger partial charge in [-0.2, -0.15) is 5.01 Å². The number of esters is 2. The predicted molar refractivity (Wildman–Crippen MR) is 211 cm³/mol. The minimum absolute atomic E-state index is 0.00818. The highest BCUT2D eigenvalue weighted by Gasteiger charge is 2.53. The quantitative estimate of drug-likeness (QED) is 0.0946. The zero-order valence-corrected chi connectivity index (χ0v) is 32.9. The van der Waals surface area contributed by atoms with Crippen LogP contribution >= 0.6 is 11.6 Å². The molecular weight excluding hydrogens is 740 g/mol. The number of carbonyl (C=O) groups is 6. The van der Waals surface area contributed by atoms with Crippen molar-refractivity contribution in [2.45, 2.75) is 40.7 Å². The average Bonchev–Trinajstić information content (AvgIpc) is 3.45. The van der Waals surface area contributed by atoms with Crippen molar-refractivity contribution in [2.24, 2.45) is 10.8 Å². The van der Waals surface area contributed by atoms with Gasteiger partial charge < -0.3 is 19.5 Å². The smallest absolute Gasteiger partial charge is 0.350 e. The van der Waals surface area contributed by atoms with Crippen LogP contribution in [0.3, 0.4) is 0 Å². The number of benzene rings is 4. The Hall–Kier alpha value is -6.21. The fourth-order valence-corrected chi connectivity index (χ4v) is 5.96. The zero-order valence-electron chi connectivity index (χ0n) is 32.1. The molecule has 4 amide bonds. The van der Waals surface area contributed by atoms with Gasteiger partial charge in [-0.1, -0.05) is 48.0 Å². The van der Waals surface area contributed by atoms with E-state index in [0.29, 0.717) is 11.4 Å². The molecule has 1 fully saturated rings. The molecule has 0 spiro atoms. The van der Waals surface area contributed by atoms with Crippen LogP contribution in [0.2, 0.25) is 5.02 Å². The number of carbonyl (C=O) groups excluding carboxylic acids is 6. The Kier molecular flexibility index (Phi) is 12.2. The molecule has 13 nitrogen and oxygen atoms in total. The topological polar surface area (TPSA) is 152 Å². The number of hydrazine groups is 1. The zero-order chi connectivity index (χ0) is 40.9. The normalized spacial score (nSPS) is 15.8. The van der Waals surface area contributed by atoms with Crippen LogP contribution in [-0.2, 0) is 23.9 Å². The molecule has 0 aliphatic carbocycles. The van der Waals surface area contributed by atoms with E-state index in [1.807, 2.05) is 0 Å². The van der Waals surface area contributed by atoms with Gasteiger partial charge in [-0.05, 0) is 101 Å². The average molecular weight is 783 g/mol. The summed E-state index contributed by atoms with van der Waals surface area (Å²) in [4.78, 5) is 84.0. The number of hydrogen-bond acceptors (Lipinski definition) is 10. The lowest BCUT2D eigenvalue weighted by Crippen LogP contribution is -2.50. The molecule has 1 saturated heterocycles. The van der Waals surface area contributed by atoms with E-state index in [2.05, 4.69) is 5.32 Å². The van der Waals surface area contributed by atoms with E-state index in [0.717, 1.165) is 15.5 Å². The summed E-state index contributed by atoms with van der Waals surface area (Å²) in [6, 6.07) is 24.6. The molecule has 1 aliphatic heterocycles. The summed E-state index contributed by atoms with van der Waals surface area (Å²) in [6.07, 6.45) is -1.99. The summed E-state index contributed by atoms with van der Waals surface area (Å²) in [6.45, 7) is 8.18. The lowest BCUT2D eigenvalue weighted by molar-refractivity contribution is -0.157. The van der Waals surface area contributed by atoms with E-state index >= 15 is 0 Å². The summed E-state index contributed by atoms with van der Waals surface area (Å²) in [5.41, 5.74) is -0.781. The molecular formula is C42H43ClN4O9. The van der Waals surface area contributed by atoms with Crippen LogP contribution in [0.1, 0.15) is 54.0 Å². The number of methoxy groups -OCH3 is 1. The predicted octanol–water partition coefficient (Wildman–Crippen LogP) is 7.12. The molecule has 2 unspecified atom stereocenters. The standard InChI is InChI=1S/C42H43ClN4O9/c1-26-17-22-31(43)32(23-26)44-36(49)35(34(48)27-18-20-29(54-7)21-19-27)56-37(50)30-15-11-12-16-33(30)45(6)40(53)47-38(51)42(5,25-55-39(52)41(2,3)4)24-46(47)28-13-9-8-10-14-28/h8-23,35H,24-25H2,1-7H3,(H,44,49). The summed E-state index contributed by atoms with van der Waals surface area (Å²) in [5, 5.41) is 5.21. The molecule has 1 aliphatic rings. The number of nitrogens with zero attached hydrogens (tertiary/aromatic N) is 3. The summed E-state index contributed by atoms with van der Waals surface area (Å²) in [5.74, 6) is -3.60. The fraction of sp³-hybridized carbons (Fsp3) is 0.286. The highest BCUT2D eigenvalue weighted by molar-refractivity contribution is 6.34. The fourth-order valence-electron chi connectivity index (χ4n) is 5.80. The number of anilines is 3. The molecule has 4 aromatic carbocycles. The molecule has 0 bridgehead atoms. The van der Waals surface area contributed by atoms with Gasteiger partial charge in [0.05, 0.1) is 46.7 Å². The van der Waals surface area contributed by atoms with Crippen LogP contribution in [0.25, 0.3) is 0 Å². The van der Waals surface area contributed by atoms with Gasteiger partial charge in [0.1, 0.15) is 17.8 Å². The van der Waals surface area contributed by atoms with Gasteiger partial charge in [0.2, 0.25) is 11.9 Å². The second-order valence-corrected chi connectivity index (χ2v) is 15.0. The Morgan fingerprint density at radius 1 is 0.929 bits per heavy atom. The SMILES string of the molecule is COc1ccc(C(=O)C(OC(=O)c2ccccc2N(C)C(=O)N2C(=O)C(C)(COC(=O)C(C)(C)C)CN2c2ccccc2)C(=O)Nc2cc(C)ccc2Cl)cc1. The van der Waals surface area contributed by atoms with Crippen molar-refractivity contribution in [1.82, 2.24) is 5.01 Å². The van der Waals surface area contributed by atoms with E-state index in [1.54, 1.807) is 89.2 Å². The first-order valence-electron chi connectivity index (χ1n) is 17.6. The lowest BCUT2D eigenvalue weighted by Gasteiger charge is -2.31. The summed E-state index contributed by atoms with van der Waals surface area (Å²) >= 11 is 6.33. The Morgan fingerprint density at radius 3 is 2.21 bits per heavy atom. The van der Waals surface area contributed by atoms with E-state index in [9.17, 15) is 28.8 Å². The number of amides is 4. The van der Waals surface area contributed by atoms with Crippen LogP contribution in [0.5, 0.6) is 5.75 Å². The molecule has 0 radical (unpaired) electrons. The number of para-hydroxylation sites is 2. The van der Waals surface area contributed by atoms with Gasteiger partial charge in [-0.3, -0.25) is 29.1 Å². The Balaban J connectivity index is 1.46. The van der Waals surface area contributed by atoms with Crippen molar-refractivity contribution < 1.29 is 43.0 Å². The number of Topliss-reactive ketones (excluding diaryl/α,β-unsaturated/α-hetero) is 1. The number of ether oxygens (including phenoxy) is 3. The number of imide groups is 1. The van der Waals surface area contributed by atoms with Crippen LogP contribution in [-0.4, -0.2) is 74.0 Å². The highest BCUT2D eigenvalue weighted by atomic mass is 35.5. The summed E-state index contributed by atoms with van der Waals surface area (Å²) < 4.78 is 16.4. The third kappa shape index (κ3) is 8.84. The largest absolute Gasteiger partial charge is 0.497 e.